The number of aromatic nitrogens is 2. The molecule has 0 aliphatic carbocycles. The zero-order valence-corrected chi connectivity index (χ0v) is 12.3. The monoisotopic (exact) mass is 296 g/mol. The Morgan fingerprint density at radius 2 is 2.19 bits per heavy atom. The lowest BCUT2D eigenvalue weighted by Crippen LogP contribution is -2.13. The molecule has 0 saturated heterocycles. The normalized spacial score (nSPS) is 10.2. The van der Waals surface area contributed by atoms with E-state index in [0.29, 0.717) is 25.4 Å². The third-order valence-electron chi connectivity index (χ3n) is 2.49. The summed E-state index contributed by atoms with van der Waals surface area (Å²) in [5.41, 5.74) is -0.271. The van der Waals surface area contributed by atoms with Gasteiger partial charge >= 0.3 is 5.69 Å². The summed E-state index contributed by atoms with van der Waals surface area (Å²) in [6.45, 7) is 6.41. The Labute approximate surface area is 123 Å². The summed E-state index contributed by atoms with van der Waals surface area (Å²) in [5, 5.41) is 14.1. The summed E-state index contributed by atoms with van der Waals surface area (Å²) < 4.78 is 10.2. The molecular weight excluding hydrogens is 276 g/mol. The first-order chi connectivity index (χ1) is 10.1. The molecule has 1 N–H and O–H groups in total. The standard InChI is InChI=1S/C13H20N4O4/c1-4-6-10-15-12(14-7-5-2)11(17(18)19)13(16-10)21-9-8-20-3/h5H,2,4,6-9H2,1,3H3,(H,14,15,16). The first kappa shape index (κ1) is 16.8. The van der Waals surface area contributed by atoms with Crippen molar-refractivity contribution in [2.24, 2.45) is 0 Å². The number of nitrogens with zero attached hydrogens (tertiary/aromatic N) is 3. The quantitative estimate of drug-likeness (QED) is 0.305. The van der Waals surface area contributed by atoms with E-state index in [1.54, 1.807) is 6.08 Å². The number of aryl methyl sites for hydroxylation is 1. The van der Waals surface area contributed by atoms with Gasteiger partial charge in [-0.15, -0.1) is 6.58 Å². The van der Waals surface area contributed by atoms with Crippen molar-refractivity contribution in [3.63, 3.8) is 0 Å². The number of nitrogens with one attached hydrogen (secondary N) is 1. The largest absolute Gasteiger partial charge is 0.470 e. The Morgan fingerprint density at radius 3 is 2.76 bits per heavy atom. The topological polar surface area (TPSA) is 99.4 Å². The Kier molecular flexibility index (Phi) is 7.10. The van der Waals surface area contributed by atoms with Gasteiger partial charge in [0.25, 0.3) is 5.88 Å². The number of hydrogen-bond donors (Lipinski definition) is 1. The second-order valence-electron chi connectivity index (χ2n) is 4.16. The zero-order chi connectivity index (χ0) is 15.7. The number of anilines is 1. The smallest absolute Gasteiger partial charge is 0.372 e. The van der Waals surface area contributed by atoms with Crippen LogP contribution in [0.1, 0.15) is 19.2 Å². The molecule has 0 atom stereocenters. The number of rotatable bonds is 10. The van der Waals surface area contributed by atoms with Crippen molar-refractivity contribution in [1.82, 2.24) is 9.97 Å². The van der Waals surface area contributed by atoms with Crippen molar-refractivity contribution in [3.8, 4) is 5.88 Å². The Balaban J connectivity index is 3.17. The van der Waals surface area contributed by atoms with Gasteiger partial charge in [-0.25, -0.2) is 4.98 Å². The van der Waals surface area contributed by atoms with E-state index in [-0.39, 0.29) is 24.0 Å². The van der Waals surface area contributed by atoms with E-state index in [1.165, 1.54) is 7.11 Å². The molecule has 8 heteroatoms. The van der Waals surface area contributed by atoms with Gasteiger partial charge in [-0.1, -0.05) is 13.0 Å². The number of methoxy groups -OCH3 is 1. The Morgan fingerprint density at radius 1 is 1.43 bits per heavy atom. The second kappa shape index (κ2) is 8.85. The summed E-state index contributed by atoms with van der Waals surface area (Å²) in [7, 11) is 1.53. The molecule has 0 fully saturated rings. The van der Waals surface area contributed by atoms with Crippen molar-refractivity contribution in [3.05, 3.63) is 28.6 Å². The maximum Gasteiger partial charge on any atom is 0.372 e. The maximum atomic E-state index is 11.3. The van der Waals surface area contributed by atoms with E-state index >= 15 is 0 Å². The molecule has 0 aliphatic rings. The van der Waals surface area contributed by atoms with Gasteiger partial charge < -0.3 is 14.8 Å². The van der Waals surface area contributed by atoms with Crippen molar-refractivity contribution < 1.29 is 14.4 Å². The summed E-state index contributed by atoms with van der Waals surface area (Å²) >= 11 is 0. The zero-order valence-electron chi connectivity index (χ0n) is 12.3. The summed E-state index contributed by atoms with van der Waals surface area (Å²) in [5.74, 6) is 0.606. The van der Waals surface area contributed by atoms with Gasteiger partial charge in [-0.2, -0.15) is 4.98 Å². The molecule has 21 heavy (non-hydrogen) atoms. The highest BCUT2D eigenvalue weighted by atomic mass is 16.6. The van der Waals surface area contributed by atoms with Crippen LogP contribution < -0.4 is 10.1 Å². The van der Waals surface area contributed by atoms with Crippen LogP contribution in [0.2, 0.25) is 0 Å². The maximum absolute atomic E-state index is 11.3. The lowest BCUT2D eigenvalue weighted by Gasteiger charge is -2.10. The molecule has 1 rings (SSSR count). The average molecular weight is 296 g/mol. The molecule has 0 aromatic carbocycles. The molecule has 1 aromatic heterocycles. The molecule has 0 saturated carbocycles. The van der Waals surface area contributed by atoms with Gasteiger partial charge in [0.05, 0.1) is 11.5 Å². The first-order valence-corrected chi connectivity index (χ1v) is 6.65. The van der Waals surface area contributed by atoms with E-state index < -0.39 is 4.92 Å². The molecule has 0 amide bonds. The predicted molar refractivity (Wildman–Crippen MR) is 78.7 cm³/mol. The molecule has 116 valence electrons. The fourth-order valence-electron chi connectivity index (χ4n) is 1.59. The van der Waals surface area contributed by atoms with Crippen molar-refractivity contribution in [2.45, 2.75) is 19.8 Å². The molecule has 8 nitrogen and oxygen atoms in total. The van der Waals surface area contributed by atoms with Crippen LogP contribution in [0.4, 0.5) is 11.5 Å². The molecule has 0 radical (unpaired) electrons. The number of nitro groups is 1. The van der Waals surface area contributed by atoms with Crippen LogP contribution in [0.3, 0.4) is 0 Å². The van der Waals surface area contributed by atoms with Crippen LogP contribution in [0.15, 0.2) is 12.7 Å². The first-order valence-electron chi connectivity index (χ1n) is 6.65. The molecule has 1 heterocycles. The highest BCUT2D eigenvalue weighted by Crippen LogP contribution is 2.32. The van der Waals surface area contributed by atoms with Crippen molar-refractivity contribution in [2.75, 3.05) is 32.2 Å². The lowest BCUT2D eigenvalue weighted by molar-refractivity contribution is -0.385. The van der Waals surface area contributed by atoms with Crippen LogP contribution in [0, 0.1) is 10.1 Å². The van der Waals surface area contributed by atoms with E-state index in [2.05, 4.69) is 21.9 Å². The molecule has 0 spiro atoms. The second-order valence-corrected chi connectivity index (χ2v) is 4.16. The highest BCUT2D eigenvalue weighted by molar-refractivity contribution is 5.62. The van der Waals surface area contributed by atoms with E-state index in [1.807, 2.05) is 6.92 Å². The fraction of sp³-hybridized carbons (Fsp3) is 0.538. The summed E-state index contributed by atoms with van der Waals surface area (Å²) in [6, 6.07) is 0. The van der Waals surface area contributed by atoms with Gasteiger partial charge in [-0.3, -0.25) is 10.1 Å². The van der Waals surface area contributed by atoms with Crippen molar-refractivity contribution in [1.29, 1.82) is 0 Å². The SMILES string of the molecule is C=CCNc1nc(CCC)nc(OCCOC)c1[N+](=O)[O-]. The van der Waals surface area contributed by atoms with Crippen LogP contribution in [-0.2, 0) is 11.2 Å². The number of hydrogen-bond acceptors (Lipinski definition) is 7. The van der Waals surface area contributed by atoms with Gasteiger partial charge in [0.1, 0.15) is 12.4 Å². The van der Waals surface area contributed by atoms with Gasteiger partial charge in [0, 0.05) is 20.1 Å². The molecular formula is C13H20N4O4. The van der Waals surface area contributed by atoms with Crippen LogP contribution in [0.25, 0.3) is 0 Å². The summed E-state index contributed by atoms with van der Waals surface area (Å²) in [6.07, 6.45) is 3.04. The van der Waals surface area contributed by atoms with E-state index in [4.69, 9.17) is 9.47 Å². The van der Waals surface area contributed by atoms with Crippen LogP contribution >= 0.6 is 0 Å². The van der Waals surface area contributed by atoms with E-state index in [9.17, 15) is 10.1 Å². The molecule has 0 aliphatic heterocycles. The van der Waals surface area contributed by atoms with Crippen LogP contribution in [-0.4, -0.2) is 41.8 Å². The Bertz CT molecular complexity index is 493. The minimum atomic E-state index is -0.552. The third-order valence-corrected chi connectivity index (χ3v) is 2.49. The van der Waals surface area contributed by atoms with Gasteiger partial charge in [0.15, 0.2) is 0 Å². The third kappa shape index (κ3) is 4.99. The lowest BCUT2D eigenvalue weighted by atomic mass is 10.3. The minimum Gasteiger partial charge on any atom is -0.470 e. The van der Waals surface area contributed by atoms with Gasteiger partial charge in [-0.05, 0) is 6.42 Å². The molecule has 1 aromatic rings. The molecule has 0 bridgehead atoms. The highest BCUT2D eigenvalue weighted by Gasteiger charge is 2.26. The fourth-order valence-corrected chi connectivity index (χ4v) is 1.59. The van der Waals surface area contributed by atoms with E-state index in [0.717, 1.165) is 6.42 Å². The van der Waals surface area contributed by atoms with Crippen molar-refractivity contribution >= 4 is 11.5 Å². The number of ether oxygens (including phenoxy) is 2. The predicted octanol–water partition coefficient (Wildman–Crippen LogP) is 1.96. The minimum absolute atomic E-state index is 0.0398. The van der Waals surface area contributed by atoms with Gasteiger partial charge in [0.2, 0.25) is 5.82 Å². The average Bonchev–Trinajstić information content (AvgIpc) is 2.45. The Hall–Kier alpha value is -2.22. The van der Waals surface area contributed by atoms with Crippen LogP contribution in [0.5, 0.6) is 5.88 Å². The summed E-state index contributed by atoms with van der Waals surface area (Å²) in [4.78, 5) is 19.0. The molecule has 0 unspecified atom stereocenters.